The molecule has 4 fully saturated rings. The Bertz CT molecular complexity index is 744. The summed E-state index contributed by atoms with van der Waals surface area (Å²) in [5.41, 5.74) is 2.11. The summed E-state index contributed by atoms with van der Waals surface area (Å²) in [7, 11) is 0. The smallest absolute Gasteiger partial charge is 0.339 e. The van der Waals surface area contributed by atoms with E-state index >= 15 is 0 Å². The number of ether oxygens (including phenoxy) is 1. The first-order valence-electron chi connectivity index (χ1n) is 9.34. The quantitative estimate of drug-likeness (QED) is 0.792. The molecule has 0 saturated heterocycles. The van der Waals surface area contributed by atoms with Crippen molar-refractivity contribution in [2.45, 2.75) is 38.2 Å². The molecule has 0 aliphatic heterocycles. The van der Waals surface area contributed by atoms with E-state index in [0.717, 1.165) is 23.2 Å². The SMILES string of the molecule is O=C(OC1C2CC3CC(C2)CC1C3)c1ccc(-c2ccccn2)nc1. The molecular formula is C21H22N2O2. The number of aromatic nitrogens is 2. The van der Waals surface area contributed by atoms with Crippen molar-refractivity contribution in [3.63, 3.8) is 0 Å². The zero-order valence-corrected chi connectivity index (χ0v) is 14.2. The van der Waals surface area contributed by atoms with Crippen LogP contribution in [-0.4, -0.2) is 22.0 Å². The maximum atomic E-state index is 12.6. The van der Waals surface area contributed by atoms with Crippen LogP contribution in [-0.2, 0) is 4.74 Å². The number of hydrogen-bond donors (Lipinski definition) is 0. The average molecular weight is 334 g/mol. The van der Waals surface area contributed by atoms with Gasteiger partial charge in [-0.15, -0.1) is 0 Å². The molecule has 4 nitrogen and oxygen atoms in total. The standard InChI is InChI=1S/C21H22N2O2/c24-21(15-4-5-19(23-12-15)18-3-1-2-6-22-18)25-20-16-8-13-7-14(10-16)11-17(20)9-13/h1-6,12-14,16-17,20H,7-11H2. The van der Waals surface area contributed by atoms with Crippen molar-refractivity contribution in [2.24, 2.45) is 23.7 Å². The molecule has 0 amide bonds. The van der Waals surface area contributed by atoms with Crippen LogP contribution in [0.25, 0.3) is 11.4 Å². The normalized spacial score (nSPS) is 32.6. The molecule has 0 spiro atoms. The van der Waals surface area contributed by atoms with Crippen molar-refractivity contribution in [3.05, 3.63) is 48.3 Å². The van der Waals surface area contributed by atoms with Crippen LogP contribution in [0.15, 0.2) is 42.7 Å². The summed E-state index contributed by atoms with van der Waals surface area (Å²) < 4.78 is 5.96. The summed E-state index contributed by atoms with van der Waals surface area (Å²) in [6.45, 7) is 0. The monoisotopic (exact) mass is 334 g/mol. The number of rotatable bonds is 3. The van der Waals surface area contributed by atoms with Crippen LogP contribution in [0.5, 0.6) is 0 Å². The lowest BCUT2D eigenvalue weighted by Gasteiger charge is -2.53. The fourth-order valence-electron chi connectivity index (χ4n) is 5.44. The third-order valence-corrected chi connectivity index (χ3v) is 6.31. The number of carbonyl (C=O) groups is 1. The van der Waals surface area contributed by atoms with Crippen molar-refractivity contribution in [3.8, 4) is 11.4 Å². The van der Waals surface area contributed by atoms with Gasteiger partial charge in [0.15, 0.2) is 0 Å². The second kappa shape index (κ2) is 5.94. The summed E-state index contributed by atoms with van der Waals surface area (Å²) in [4.78, 5) is 21.3. The Hall–Kier alpha value is -2.23. The first-order valence-corrected chi connectivity index (χ1v) is 9.34. The molecule has 0 aromatic carbocycles. The molecule has 4 aliphatic carbocycles. The van der Waals surface area contributed by atoms with Crippen LogP contribution in [0.1, 0.15) is 42.5 Å². The molecule has 0 radical (unpaired) electrons. The summed E-state index contributed by atoms with van der Waals surface area (Å²) in [6, 6.07) is 9.36. The number of esters is 1. The molecule has 4 bridgehead atoms. The minimum atomic E-state index is -0.224. The van der Waals surface area contributed by atoms with Crippen molar-refractivity contribution in [1.82, 2.24) is 9.97 Å². The highest BCUT2D eigenvalue weighted by molar-refractivity contribution is 5.89. The molecule has 4 heteroatoms. The van der Waals surface area contributed by atoms with Crippen LogP contribution >= 0.6 is 0 Å². The lowest BCUT2D eigenvalue weighted by molar-refractivity contribution is -0.101. The molecule has 6 rings (SSSR count). The molecule has 2 heterocycles. The van der Waals surface area contributed by atoms with Gasteiger partial charge in [0.05, 0.1) is 17.0 Å². The lowest BCUT2D eigenvalue weighted by atomic mass is 9.55. The Morgan fingerprint density at radius 3 is 2.20 bits per heavy atom. The molecule has 2 aromatic heterocycles. The first-order chi connectivity index (χ1) is 12.3. The number of carbonyl (C=O) groups excluding carboxylic acids is 1. The zero-order valence-electron chi connectivity index (χ0n) is 14.2. The Kier molecular flexibility index (Phi) is 3.58. The third-order valence-electron chi connectivity index (χ3n) is 6.31. The zero-order chi connectivity index (χ0) is 16.8. The molecule has 0 N–H and O–H groups in total. The summed E-state index contributed by atoms with van der Waals surface area (Å²) in [6.07, 6.45) is 9.89. The fraction of sp³-hybridized carbons (Fsp3) is 0.476. The number of nitrogens with zero attached hydrogens (tertiary/aromatic N) is 2. The van der Waals surface area contributed by atoms with E-state index in [1.54, 1.807) is 18.5 Å². The van der Waals surface area contributed by atoms with Gasteiger partial charge >= 0.3 is 5.97 Å². The summed E-state index contributed by atoms with van der Waals surface area (Å²) in [5.74, 6) is 2.72. The van der Waals surface area contributed by atoms with Gasteiger partial charge < -0.3 is 4.74 Å². The molecular weight excluding hydrogens is 312 g/mol. The van der Waals surface area contributed by atoms with Gasteiger partial charge in [0, 0.05) is 12.4 Å². The van der Waals surface area contributed by atoms with Gasteiger partial charge in [-0.05, 0) is 80.0 Å². The summed E-state index contributed by atoms with van der Waals surface area (Å²) >= 11 is 0. The van der Waals surface area contributed by atoms with E-state index in [-0.39, 0.29) is 12.1 Å². The highest BCUT2D eigenvalue weighted by Crippen LogP contribution is 2.54. The van der Waals surface area contributed by atoms with Crippen molar-refractivity contribution in [1.29, 1.82) is 0 Å². The van der Waals surface area contributed by atoms with E-state index in [1.165, 1.54) is 32.1 Å². The van der Waals surface area contributed by atoms with E-state index < -0.39 is 0 Å². The van der Waals surface area contributed by atoms with Gasteiger partial charge in [0.2, 0.25) is 0 Å². The maximum absolute atomic E-state index is 12.6. The van der Waals surface area contributed by atoms with Gasteiger partial charge in [-0.1, -0.05) is 6.07 Å². The molecule has 0 unspecified atom stereocenters. The maximum Gasteiger partial charge on any atom is 0.339 e. The van der Waals surface area contributed by atoms with Crippen molar-refractivity contribution in [2.75, 3.05) is 0 Å². The Morgan fingerprint density at radius 1 is 0.880 bits per heavy atom. The van der Waals surface area contributed by atoms with Gasteiger partial charge in [-0.3, -0.25) is 9.97 Å². The van der Waals surface area contributed by atoms with Crippen molar-refractivity contribution < 1.29 is 9.53 Å². The van der Waals surface area contributed by atoms with Crippen LogP contribution in [0.4, 0.5) is 0 Å². The Morgan fingerprint density at radius 2 is 1.60 bits per heavy atom. The largest absolute Gasteiger partial charge is 0.458 e. The Labute approximate surface area is 147 Å². The minimum absolute atomic E-state index is 0.121. The first kappa shape index (κ1) is 15.1. The predicted molar refractivity (Wildman–Crippen MR) is 93.7 cm³/mol. The highest BCUT2D eigenvalue weighted by atomic mass is 16.5. The second-order valence-electron chi connectivity index (χ2n) is 7.95. The molecule has 4 saturated carbocycles. The van der Waals surface area contributed by atoms with E-state index in [2.05, 4.69) is 9.97 Å². The van der Waals surface area contributed by atoms with Crippen LogP contribution in [0, 0.1) is 23.7 Å². The molecule has 0 atom stereocenters. The van der Waals surface area contributed by atoms with E-state index in [9.17, 15) is 4.79 Å². The van der Waals surface area contributed by atoms with Gasteiger partial charge in [0.1, 0.15) is 6.10 Å². The van der Waals surface area contributed by atoms with Crippen LogP contribution < -0.4 is 0 Å². The van der Waals surface area contributed by atoms with Crippen LogP contribution in [0.3, 0.4) is 0 Å². The topological polar surface area (TPSA) is 52.1 Å². The number of hydrogen-bond acceptors (Lipinski definition) is 4. The minimum Gasteiger partial charge on any atom is -0.458 e. The Balaban J connectivity index is 1.30. The molecule has 128 valence electrons. The summed E-state index contributed by atoms with van der Waals surface area (Å²) in [5, 5.41) is 0. The van der Waals surface area contributed by atoms with E-state index in [1.807, 2.05) is 24.3 Å². The van der Waals surface area contributed by atoms with Crippen molar-refractivity contribution >= 4 is 5.97 Å². The van der Waals surface area contributed by atoms with Gasteiger partial charge in [-0.2, -0.15) is 0 Å². The van der Waals surface area contributed by atoms with Crippen LogP contribution in [0.2, 0.25) is 0 Å². The number of pyridine rings is 2. The predicted octanol–water partition coefficient (Wildman–Crippen LogP) is 4.13. The lowest BCUT2D eigenvalue weighted by Crippen LogP contribution is -2.50. The van der Waals surface area contributed by atoms with E-state index in [0.29, 0.717) is 17.4 Å². The van der Waals surface area contributed by atoms with Gasteiger partial charge in [0.25, 0.3) is 0 Å². The molecule has 2 aromatic rings. The second-order valence-corrected chi connectivity index (χ2v) is 7.95. The fourth-order valence-corrected chi connectivity index (χ4v) is 5.44. The van der Waals surface area contributed by atoms with E-state index in [4.69, 9.17) is 4.74 Å². The average Bonchev–Trinajstić information content (AvgIpc) is 2.65. The van der Waals surface area contributed by atoms with Gasteiger partial charge in [-0.25, -0.2) is 4.79 Å². The molecule has 25 heavy (non-hydrogen) atoms. The third kappa shape index (κ3) is 2.74. The molecule has 4 aliphatic rings. The highest BCUT2D eigenvalue weighted by Gasteiger charge is 2.49.